The van der Waals surface area contributed by atoms with Crippen molar-refractivity contribution in [3.8, 4) is 11.1 Å². The third-order valence-electron chi connectivity index (χ3n) is 4.91. The molecule has 5 nitrogen and oxygen atoms in total. The van der Waals surface area contributed by atoms with Gasteiger partial charge in [-0.05, 0) is 30.2 Å². The molecule has 0 aliphatic heterocycles. The predicted octanol–water partition coefficient (Wildman–Crippen LogP) is 3.81. The quantitative estimate of drug-likeness (QED) is 0.491. The third-order valence-corrected chi connectivity index (χ3v) is 4.91. The van der Waals surface area contributed by atoms with Gasteiger partial charge in [-0.25, -0.2) is 10.4 Å². The fourth-order valence-corrected chi connectivity index (χ4v) is 3.61. The molecule has 5 rings (SSSR count). The predicted molar refractivity (Wildman–Crippen MR) is 105 cm³/mol. The lowest BCUT2D eigenvalue weighted by molar-refractivity contribution is 0.0950. The van der Waals surface area contributed by atoms with Crippen molar-refractivity contribution in [3.05, 3.63) is 95.4 Å². The fraction of sp³-hybridized carbons (Fsp3) is 0.0455. The van der Waals surface area contributed by atoms with Crippen molar-refractivity contribution >= 4 is 17.3 Å². The van der Waals surface area contributed by atoms with Crippen LogP contribution in [0.3, 0.4) is 0 Å². The molecule has 0 atom stereocenters. The Labute approximate surface area is 156 Å². The average molecular weight is 352 g/mol. The summed E-state index contributed by atoms with van der Waals surface area (Å²) in [5.41, 5.74) is 9.68. The highest BCUT2D eigenvalue weighted by molar-refractivity contribution is 6.24. The van der Waals surface area contributed by atoms with Gasteiger partial charge in [0, 0.05) is 17.3 Å². The van der Waals surface area contributed by atoms with Crippen LogP contribution < -0.4 is 5.43 Å². The number of hydrogen-bond acceptors (Lipinski definition) is 3. The molecule has 5 heteroatoms. The molecule has 2 aromatic carbocycles. The zero-order chi connectivity index (χ0) is 18.4. The van der Waals surface area contributed by atoms with E-state index < -0.39 is 0 Å². The van der Waals surface area contributed by atoms with Crippen LogP contribution in [0.1, 0.15) is 27.3 Å². The van der Waals surface area contributed by atoms with E-state index in [1.54, 1.807) is 0 Å². The van der Waals surface area contributed by atoms with Gasteiger partial charge in [0.25, 0.3) is 5.91 Å². The monoisotopic (exact) mass is 352 g/mol. The van der Waals surface area contributed by atoms with E-state index in [4.69, 9.17) is 0 Å². The number of fused-ring (bicyclic) bond motifs is 4. The second-order valence-electron chi connectivity index (χ2n) is 6.47. The number of rotatable bonds is 2. The molecule has 130 valence electrons. The molecule has 0 spiro atoms. The van der Waals surface area contributed by atoms with Gasteiger partial charge < -0.3 is 4.40 Å². The van der Waals surface area contributed by atoms with Gasteiger partial charge in [-0.3, -0.25) is 4.79 Å². The molecule has 0 saturated heterocycles. The summed E-state index contributed by atoms with van der Waals surface area (Å²) in [5, 5.41) is 4.46. The number of imidazole rings is 1. The van der Waals surface area contributed by atoms with E-state index >= 15 is 0 Å². The Bertz CT molecular complexity index is 1190. The van der Waals surface area contributed by atoms with Crippen molar-refractivity contribution in [3.63, 3.8) is 0 Å². The highest BCUT2D eigenvalue weighted by Gasteiger charge is 2.24. The molecular weight excluding hydrogens is 336 g/mol. The van der Waals surface area contributed by atoms with Gasteiger partial charge in [-0.15, -0.1) is 0 Å². The van der Waals surface area contributed by atoms with Crippen LogP contribution in [0.4, 0.5) is 0 Å². The minimum atomic E-state index is -0.314. The second-order valence-corrected chi connectivity index (χ2v) is 6.47. The summed E-state index contributed by atoms with van der Waals surface area (Å²) in [6, 6.07) is 21.9. The Hall–Kier alpha value is -3.73. The summed E-state index contributed by atoms with van der Waals surface area (Å²) < 4.78 is 1.89. The van der Waals surface area contributed by atoms with E-state index in [1.807, 2.05) is 72.1 Å². The van der Waals surface area contributed by atoms with E-state index in [1.165, 1.54) is 0 Å². The lowest BCUT2D eigenvalue weighted by atomic mass is 10.1. The first-order valence-corrected chi connectivity index (χ1v) is 8.75. The molecule has 1 N–H and O–H groups in total. The van der Waals surface area contributed by atoms with E-state index in [0.717, 1.165) is 39.3 Å². The number of carbonyl (C=O) groups excluding carboxylic acids is 1. The Morgan fingerprint density at radius 3 is 2.11 bits per heavy atom. The molecule has 4 aromatic rings. The van der Waals surface area contributed by atoms with Crippen molar-refractivity contribution in [2.75, 3.05) is 0 Å². The molecule has 0 fully saturated rings. The van der Waals surface area contributed by atoms with Gasteiger partial charge in [0.2, 0.25) is 0 Å². The zero-order valence-electron chi connectivity index (χ0n) is 14.7. The summed E-state index contributed by atoms with van der Waals surface area (Å²) in [5.74, 6) is -0.314. The van der Waals surface area contributed by atoms with Crippen LogP contribution >= 0.6 is 0 Å². The molecule has 0 unspecified atom stereocenters. The molecule has 1 aliphatic rings. The maximum Gasteiger partial charge on any atom is 0.291 e. The highest BCUT2D eigenvalue weighted by Crippen LogP contribution is 2.36. The van der Waals surface area contributed by atoms with Crippen LogP contribution in [0.25, 0.3) is 16.8 Å². The number of nitrogens with one attached hydrogen (secondary N) is 1. The smallest absolute Gasteiger partial charge is 0.291 e. The number of aryl methyl sites for hydroxylation is 1. The first kappa shape index (κ1) is 15.5. The SMILES string of the molecule is Cc1c(C(=O)NN=C2c3ccccc3-c3ccccc32)nc2ccccn12. The first-order chi connectivity index (χ1) is 13.2. The van der Waals surface area contributed by atoms with Gasteiger partial charge in [0.05, 0.1) is 11.4 Å². The van der Waals surface area contributed by atoms with Gasteiger partial charge in [0.15, 0.2) is 5.69 Å². The van der Waals surface area contributed by atoms with Crippen molar-refractivity contribution in [1.82, 2.24) is 14.8 Å². The van der Waals surface area contributed by atoms with Crippen LogP contribution in [0.15, 0.2) is 78.0 Å². The number of benzene rings is 2. The maximum absolute atomic E-state index is 12.7. The fourth-order valence-electron chi connectivity index (χ4n) is 3.61. The van der Waals surface area contributed by atoms with Crippen molar-refractivity contribution in [2.45, 2.75) is 6.92 Å². The molecule has 0 radical (unpaired) electrons. The Morgan fingerprint density at radius 2 is 1.48 bits per heavy atom. The molecule has 27 heavy (non-hydrogen) atoms. The standard InChI is InChI=1S/C22H16N4O/c1-14-20(23-19-12-6-7-13-26(14)19)22(27)25-24-21-17-10-4-2-8-15(17)16-9-3-5-11-18(16)21/h2-13H,1H3,(H,25,27). The molecule has 1 amide bonds. The Kier molecular flexibility index (Phi) is 3.40. The van der Waals surface area contributed by atoms with Crippen LogP contribution in [-0.2, 0) is 0 Å². The Balaban J connectivity index is 1.54. The summed E-state index contributed by atoms with van der Waals surface area (Å²) in [6.45, 7) is 1.88. The van der Waals surface area contributed by atoms with E-state index in [2.05, 4.69) is 27.6 Å². The van der Waals surface area contributed by atoms with Gasteiger partial charge >= 0.3 is 0 Å². The third kappa shape index (κ3) is 2.36. The number of pyridine rings is 1. The molecule has 0 bridgehead atoms. The number of amides is 1. The summed E-state index contributed by atoms with van der Waals surface area (Å²) in [6.07, 6.45) is 1.89. The van der Waals surface area contributed by atoms with Crippen LogP contribution in [-0.4, -0.2) is 21.0 Å². The van der Waals surface area contributed by atoms with Crippen LogP contribution in [0, 0.1) is 6.92 Å². The van der Waals surface area contributed by atoms with Crippen molar-refractivity contribution in [2.24, 2.45) is 5.10 Å². The average Bonchev–Trinajstić information content (AvgIpc) is 3.22. The second kappa shape index (κ2) is 5.92. The van der Waals surface area contributed by atoms with E-state index in [-0.39, 0.29) is 5.91 Å². The zero-order valence-corrected chi connectivity index (χ0v) is 14.7. The lowest BCUT2D eigenvalue weighted by Crippen LogP contribution is -2.21. The number of nitrogens with zero attached hydrogens (tertiary/aromatic N) is 3. The summed E-state index contributed by atoms with van der Waals surface area (Å²) >= 11 is 0. The summed E-state index contributed by atoms with van der Waals surface area (Å²) in [4.78, 5) is 17.1. The topological polar surface area (TPSA) is 58.8 Å². The molecule has 2 heterocycles. The van der Waals surface area contributed by atoms with Crippen molar-refractivity contribution in [1.29, 1.82) is 0 Å². The van der Waals surface area contributed by atoms with Gasteiger partial charge in [0.1, 0.15) is 5.65 Å². The molecular formula is C22H16N4O. The minimum absolute atomic E-state index is 0.314. The van der Waals surface area contributed by atoms with Crippen LogP contribution in [0.5, 0.6) is 0 Å². The highest BCUT2D eigenvalue weighted by atomic mass is 16.2. The van der Waals surface area contributed by atoms with Gasteiger partial charge in [-0.2, -0.15) is 5.10 Å². The molecule has 1 aliphatic carbocycles. The largest absolute Gasteiger partial charge is 0.304 e. The number of carbonyl (C=O) groups is 1. The Morgan fingerprint density at radius 1 is 0.889 bits per heavy atom. The number of hydrazone groups is 1. The van der Waals surface area contributed by atoms with Gasteiger partial charge in [-0.1, -0.05) is 54.6 Å². The number of hydrogen-bond donors (Lipinski definition) is 1. The molecule has 0 saturated carbocycles. The minimum Gasteiger partial charge on any atom is -0.304 e. The maximum atomic E-state index is 12.7. The number of aromatic nitrogens is 2. The lowest BCUT2D eigenvalue weighted by Gasteiger charge is -2.03. The van der Waals surface area contributed by atoms with Crippen LogP contribution in [0.2, 0.25) is 0 Å². The first-order valence-electron chi connectivity index (χ1n) is 8.75. The van der Waals surface area contributed by atoms with Crippen molar-refractivity contribution < 1.29 is 4.79 Å². The van der Waals surface area contributed by atoms with E-state index in [9.17, 15) is 4.79 Å². The molecule has 2 aromatic heterocycles. The normalized spacial score (nSPS) is 12.0. The summed E-state index contributed by atoms with van der Waals surface area (Å²) in [7, 11) is 0. The van der Waals surface area contributed by atoms with E-state index in [0.29, 0.717) is 5.69 Å².